The van der Waals surface area contributed by atoms with Crippen molar-refractivity contribution in [3.05, 3.63) is 53.2 Å². The lowest BCUT2D eigenvalue weighted by atomic mass is 10.1. The number of pyridine rings is 1. The SMILES string of the molecule is CCc1cccc(-c2cccc(Cl)n2)c1. The number of aryl methyl sites for hydroxylation is 1. The van der Waals surface area contributed by atoms with E-state index in [1.807, 2.05) is 12.1 Å². The maximum absolute atomic E-state index is 5.86. The van der Waals surface area contributed by atoms with Crippen LogP contribution in [-0.4, -0.2) is 4.98 Å². The molecule has 0 fully saturated rings. The molecule has 1 aromatic carbocycles. The van der Waals surface area contributed by atoms with Gasteiger partial charge >= 0.3 is 0 Å². The molecule has 1 aromatic heterocycles. The molecule has 0 unspecified atom stereocenters. The highest BCUT2D eigenvalue weighted by Gasteiger charge is 2.00. The van der Waals surface area contributed by atoms with Gasteiger partial charge in [0.1, 0.15) is 5.15 Å². The fourth-order valence-corrected chi connectivity index (χ4v) is 1.68. The minimum absolute atomic E-state index is 0.536. The Morgan fingerprint density at radius 2 is 1.93 bits per heavy atom. The third-order valence-electron chi connectivity index (χ3n) is 2.35. The first-order valence-corrected chi connectivity index (χ1v) is 5.39. The lowest BCUT2D eigenvalue weighted by Crippen LogP contribution is -1.85. The molecule has 0 aliphatic rings. The molecule has 0 aliphatic heterocycles. The van der Waals surface area contributed by atoms with E-state index in [-0.39, 0.29) is 0 Å². The number of aromatic nitrogens is 1. The van der Waals surface area contributed by atoms with Crippen LogP contribution in [0.4, 0.5) is 0 Å². The second-order valence-electron chi connectivity index (χ2n) is 3.40. The van der Waals surface area contributed by atoms with Crippen LogP contribution in [0.1, 0.15) is 12.5 Å². The zero-order chi connectivity index (χ0) is 10.7. The van der Waals surface area contributed by atoms with Crippen LogP contribution in [0.15, 0.2) is 42.5 Å². The summed E-state index contributed by atoms with van der Waals surface area (Å²) in [5, 5.41) is 0.536. The maximum atomic E-state index is 5.86. The van der Waals surface area contributed by atoms with Crippen molar-refractivity contribution in [3.63, 3.8) is 0 Å². The molecule has 0 amide bonds. The molecule has 76 valence electrons. The van der Waals surface area contributed by atoms with E-state index in [2.05, 4.69) is 36.2 Å². The van der Waals surface area contributed by atoms with E-state index in [0.29, 0.717) is 5.15 Å². The van der Waals surface area contributed by atoms with Crippen molar-refractivity contribution in [2.24, 2.45) is 0 Å². The molecule has 0 radical (unpaired) electrons. The number of benzene rings is 1. The summed E-state index contributed by atoms with van der Waals surface area (Å²) in [6, 6.07) is 14.1. The Hall–Kier alpha value is -1.34. The Morgan fingerprint density at radius 1 is 1.13 bits per heavy atom. The van der Waals surface area contributed by atoms with E-state index >= 15 is 0 Å². The van der Waals surface area contributed by atoms with Crippen molar-refractivity contribution in [2.45, 2.75) is 13.3 Å². The van der Waals surface area contributed by atoms with Crippen molar-refractivity contribution < 1.29 is 0 Å². The summed E-state index contributed by atoms with van der Waals surface area (Å²) in [7, 11) is 0. The second-order valence-corrected chi connectivity index (χ2v) is 3.79. The van der Waals surface area contributed by atoms with Gasteiger partial charge in [-0.05, 0) is 30.2 Å². The molecule has 0 spiro atoms. The number of nitrogens with zero attached hydrogens (tertiary/aromatic N) is 1. The van der Waals surface area contributed by atoms with Crippen LogP contribution in [0, 0.1) is 0 Å². The fourth-order valence-electron chi connectivity index (χ4n) is 1.52. The van der Waals surface area contributed by atoms with E-state index in [9.17, 15) is 0 Å². The molecule has 0 bridgehead atoms. The smallest absolute Gasteiger partial charge is 0.129 e. The molecule has 0 saturated heterocycles. The zero-order valence-electron chi connectivity index (χ0n) is 8.57. The minimum Gasteiger partial charge on any atom is -0.236 e. The minimum atomic E-state index is 0.536. The van der Waals surface area contributed by atoms with Gasteiger partial charge in [-0.15, -0.1) is 0 Å². The Bertz CT molecular complexity index is 466. The van der Waals surface area contributed by atoms with E-state index < -0.39 is 0 Å². The number of halogens is 1. The van der Waals surface area contributed by atoms with E-state index in [0.717, 1.165) is 17.7 Å². The van der Waals surface area contributed by atoms with Gasteiger partial charge in [0.25, 0.3) is 0 Å². The Morgan fingerprint density at radius 3 is 2.67 bits per heavy atom. The fraction of sp³-hybridized carbons (Fsp3) is 0.154. The summed E-state index contributed by atoms with van der Waals surface area (Å²) < 4.78 is 0. The van der Waals surface area contributed by atoms with Gasteiger partial charge in [-0.1, -0.05) is 42.8 Å². The molecule has 2 rings (SSSR count). The summed E-state index contributed by atoms with van der Waals surface area (Å²) >= 11 is 5.86. The predicted octanol–water partition coefficient (Wildman–Crippen LogP) is 3.96. The number of hydrogen-bond donors (Lipinski definition) is 0. The Kier molecular flexibility index (Phi) is 3.02. The average Bonchev–Trinajstić information content (AvgIpc) is 2.29. The van der Waals surface area contributed by atoms with Gasteiger partial charge in [-0.2, -0.15) is 0 Å². The van der Waals surface area contributed by atoms with Crippen molar-refractivity contribution in [1.82, 2.24) is 4.98 Å². The molecule has 15 heavy (non-hydrogen) atoms. The number of hydrogen-bond acceptors (Lipinski definition) is 1. The molecule has 2 heteroatoms. The lowest BCUT2D eigenvalue weighted by Gasteiger charge is -2.03. The van der Waals surface area contributed by atoms with Crippen molar-refractivity contribution in [1.29, 1.82) is 0 Å². The normalized spacial score (nSPS) is 10.3. The molecule has 0 N–H and O–H groups in total. The first-order valence-electron chi connectivity index (χ1n) is 5.01. The lowest BCUT2D eigenvalue weighted by molar-refractivity contribution is 1.14. The highest BCUT2D eigenvalue weighted by Crippen LogP contribution is 2.20. The maximum Gasteiger partial charge on any atom is 0.129 e. The van der Waals surface area contributed by atoms with Crippen molar-refractivity contribution >= 4 is 11.6 Å². The van der Waals surface area contributed by atoms with Gasteiger partial charge in [0, 0.05) is 5.56 Å². The monoisotopic (exact) mass is 217 g/mol. The highest BCUT2D eigenvalue weighted by atomic mass is 35.5. The van der Waals surface area contributed by atoms with E-state index in [4.69, 9.17) is 11.6 Å². The Labute approximate surface area is 94.7 Å². The van der Waals surface area contributed by atoms with Gasteiger partial charge in [0.2, 0.25) is 0 Å². The zero-order valence-corrected chi connectivity index (χ0v) is 9.33. The van der Waals surface area contributed by atoms with Gasteiger partial charge in [0.05, 0.1) is 5.69 Å². The quantitative estimate of drug-likeness (QED) is 0.694. The first kappa shape index (κ1) is 10.2. The molecular formula is C13H12ClN. The van der Waals surface area contributed by atoms with Crippen LogP contribution in [0.3, 0.4) is 0 Å². The van der Waals surface area contributed by atoms with E-state index in [1.54, 1.807) is 6.07 Å². The first-order chi connectivity index (χ1) is 7.29. The predicted molar refractivity (Wildman–Crippen MR) is 64.1 cm³/mol. The number of rotatable bonds is 2. The van der Waals surface area contributed by atoms with Gasteiger partial charge < -0.3 is 0 Å². The van der Waals surface area contributed by atoms with E-state index in [1.165, 1.54) is 5.56 Å². The summed E-state index contributed by atoms with van der Waals surface area (Å²) in [4.78, 5) is 4.28. The van der Waals surface area contributed by atoms with Gasteiger partial charge in [-0.3, -0.25) is 0 Å². The van der Waals surface area contributed by atoms with Crippen LogP contribution < -0.4 is 0 Å². The molecule has 1 heterocycles. The Balaban J connectivity index is 2.44. The topological polar surface area (TPSA) is 12.9 Å². The third kappa shape index (κ3) is 2.37. The third-order valence-corrected chi connectivity index (χ3v) is 2.56. The standard InChI is InChI=1S/C13H12ClN/c1-2-10-5-3-6-11(9-10)12-7-4-8-13(14)15-12/h3-9H,2H2,1H3. The van der Waals surface area contributed by atoms with Crippen LogP contribution in [-0.2, 0) is 6.42 Å². The van der Waals surface area contributed by atoms with Gasteiger partial charge in [-0.25, -0.2) is 4.98 Å². The molecule has 0 saturated carbocycles. The molecule has 2 aromatic rings. The van der Waals surface area contributed by atoms with Crippen LogP contribution in [0.5, 0.6) is 0 Å². The molecule has 1 nitrogen and oxygen atoms in total. The molecule has 0 atom stereocenters. The summed E-state index contributed by atoms with van der Waals surface area (Å²) in [5.74, 6) is 0. The summed E-state index contributed by atoms with van der Waals surface area (Å²) in [5.41, 5.74) is 3.36. The van der Waals surface area contributed by atoms with Crippen LogP contribution in [0.2, 0.25) is 5.15 Å². The van der Waals surface area contributed by atoms with Crippen molar-refractivity contribution in [2.75, 3.05) is 0 Å². The molecule has 0 aliphatic carbocycles. The highest BCUT2D eigenvalue weighted by molar-refractivity contribution is 6.29. The van der Waals surface area contributed by atoms with Gasteiger partial charge in [0.15, 0.2) is 0 Å². The van der Waals surface area contributed by atoms with Crippen LogP contribution >= 0.6 is 11.6 Å². The van der Waals surface area contributed by atoms with Crippen molar-refractivity contribution in [3.8, 4) is 11.3 Å². The van der Waals surface area contributed by atoms with Crippen LogP contribution in [0.25, 0.3) is 11.3 Å². The average molecular weight is 218 g/mol. The molecular weight excluding hydrogens is 206 g/mol. The summed E-state index contributed by atoms with van der Waals surface area (Å²) in [6.45, 7) is 2.14. The largest absolute Gasteiger partial charge is 0.236 e. The summed E-state index contributed by atoms with van der Waals surface area (Å²) in [6.07, 6.45) is 1.04. The second kappa shape index (κ2) is 4.45.